The van der Waals surface area contributed by atoms with Crippen LogP contribution in [0.5, 0.6) is 0 Å². The molecule has 0 bridgehead atoms. The zero-order valence-corrected chi connectivity index (χ0v) is 9.32. The maximum atomic E-state index is 11.3. The smallest absolute Gasteiger partial charge is 0.222 e. The van der Waals surface area contributed by atoms with Crippen molar-refractivity contribution in [1.29, 1.82) is 0 Å². The van der Waals surface area contributed by atoms with Crippen molar-refractivity contribution in [3.05, 3.63) is 0 Å². The van der Waals surface area contributed by atoms with Crippen LogP contribution in [0, 0.1) is 0 Å². The average molecular weight is 201 g/mol. The van der Waals surface area contributed by atoms with Gasteiger partial charge in [-0.2, -0.15) is 0 Å². The van der Waals surface area contributed by atoms with Gasteiger partial charge in [0.2, 0.25) is 5.70 Å². The first-order valence-electron chi connectivity index (χ1n) is 3.26. The molecule has 0 N–H and O–H groups in total. The summed E-state index contributed by atoms with van der Waals surface area (Å²) < 4.78 is 11.3. The van der Waals surface area contributed by atoms with Gasteiger partial charge in [-0.3, -0.25) is 4.57 Å². The first-order chi connectivity index (χ1) is 4.27. The molecule has 4 heteroatoms. The lowest BCUT2D eigenvalue weighted by Gasteiger charge is -2.19. The van der Waals surface area contributed by atoms with Crippen molar-refractivity contribution in [3.63, 3.8) is 0 Å². The lowest BCUT2D eigenvalue weighted by atomic mass is 10.3. The van der Waals surface area contributed by atoms with E-state index in [1.807, 2.05) is 27.7 Å². The van der Waals surface area contributed by atoms with Gasteiger partial charge in [0.15, 0.2) is 0 Å². The third kappa shape index (κ3) is 5.64. The molecule has 0 heterocycles. The van der Waals surface area contributed by atoms with Gasteiger partial charge < -0.3 is 0 Å². The van der Waals surface area contributed by atoms with E-state index >= 15 is 0 Å². The molecule has 0 aliphatic rings. The van der Waals surface area contributed by atoms with Crippen LogP contribution in [-0.4, -0.2) is 10.9 Å². The van der Waals surface area contributed by atoms with Crippen molar-refractivity contribution in [2.75, 3.05) is 6.16 Å². The summed E-state index contributed by atoms with van der Waals surface area (Å²) in [5.41, 5.74) is -2.41. The molecule has 0 aromatic heterocycles. The molecule has 0 aromatic carbocycles. The lowest BCUT2D eigenvalue weighted by molar-refractivity contribution is 0.593. The number of halogens is 1. The second-order valence-electron chi connectivity index (χ2n) is 3.11. The normalized spacial score (nSPS) is 18.5. The molecule has 0 fully saturated rings. The molecule has 62 valence electrons. The summed E-state index contributed by atoms with van der Waals surface area (Å²) in [6, 6.07) is 0. The molecule has 1 atom stereocenters. The fraction of sp³-hybridized carbons (Fsp3) is 1.00. The fourth-order valence-electron chi connectivity index (χ4n) is 0.474. The van der Waals surface area contributed by atoms with Crippen molar-refractivity contribution in [2.24, 2.45) is 0 Å². The maximum Gasteiger partial charge on any atom is 0.222 e. The van der Waals surface area contributed by atoms with E-state index < -0.39 is 5.70 Å². The Morgan fingerprint density at radius 2 is 1.90 bits per heavy atom. The van der Waals surface area contributed by atoms with E-state index in [4.69, 9.17) is 11.2 Å². The summed E-state index contributed by atoms with van der Waals surface area (Å²) in [7, 11) is 0. The van der Waals surface area contributed by atoms with E-state index in [1.165, 1.54) is 11.4 Å². The zero-order valence-electron chi connectivity index (χ0n) is 6.85. The summed E-state index contributed by atoms with van der Waals surface area (Å²) in [6.07, 6.45) is 0.566. The number of rotatable bonds is 2. The molecule has 10 heavy (non-hydrogen) atoms. The van der Waals surface area contributed by atoms with Gasteiger partial charge in [0.05, 0.1) is 0 Å². The Morgan fingerprint density at radius 1 is 1.50 bits per heavy atom. The Balaban J connectivity index is 4.03. The van der Waals surface area contributed by atoms with Crippen LogP contribution in [0.2, 0.25) is 0 Å². The Labute approximate surface area is 71.8 Å². The Kier molecular flexibility index (Phi) is 3.82. The van der Waals surface area contributed by atoms with Gasteiger partial charge in [-0.25, -0.2) is 0 Å². The predicted octanol–water partition coefficient (Wildman–Crippen LogP) is 3.97. The van der Waals surface area contributed by atoms with E-state index in [1.54, 1.807) is 0 Å². The standard InChI is InChI=1S/C6H14ClOPS/c1-5-9(7,8)10-6(2,3)4/h5H2,1-4H3. The SMILES string of the molecule is CCP(=O)(Cl)SC(C)(C)C. The van der Waals surface area contributed by atoms with Gasteiger partial charge in [0.25, 0.3) is 0 Å². The molecule has 0 saturated carbocycles. The molecule has 0 rings (SSSR count). The molecule has 0 saturated heterocycles. The first-order valence-corrected chi connectivity index (χ1v) is 7.48. The minimum atomic E-state index is -2.41. The van der Waals surface area contributed by atoms with E-state index in [9.17, 15) is 4.57 Å². The molecule has 0 aromatic rings. The summed E-state index contributed by atoms with van der Waals surface area (Å²) in [4.78, 5) is 0. The maximum absolute atomic E-state index is 11.3. The van der Waals surface area contributed by atoms with Crippen molar-refractivity contribution in [3.8, 4) is 0 Å². The highest BCUT2D eigenvalue weighted by Gasteiger charge is 2.24. The number of hydrogen-bond donors (Lipinski definition) is 0. The van der Waals surface area contributed by atoms with Crippen molar-refractivity contribution in [1.82, 2.24) is 0 Å². The van der Waals surface area contributed by atoms with Gasteiger partial charge >= 0.3 is 0 Å². The highest BCUT2D eigenvalue weighted by molar-refractivity contribution is 8.65. The van der Waals surface area contributed by atoms with Crippen molar-refractivity contribution in [2.45, 2.75) is 32.4 Å². The number of hydrogen-bond acceptors (Lipinski definition) is 2. The van der Waals surface area contributed by atoms with Crippen LogP contribution in [0.25, 0.3) is 0 Å². The average Bonchev–Trinajstić information content (AvgIpc) is 1.60. The Bertz CT molecular complexity index is 152. The van der Waals surface area contributed by atoms with Gasteiger partial charge in [-0.1, -0.05) is 39.1 Å². The van der Waals surface area contributed by atoms with Crippen LogP contribution in [0.1, 0.15) is 27.7 Å². The third-order valence-corrected chi connectivity index (χ3v) is 6.94. The topological polar surface area (TPSA) is 17.1 Å². The van der Waals surface area contributed by atoms with Crippen LogP contribution in [0.3, 0.4) is 0 Å². The molecular weight excluding hydrogens is 187 g/mol. The monoisotopic (exact) mass is 200 g/mol. The van der Waals surface area contributed by atoms with Gasteiger partial charge in [0.1, 0.15) is 0 Å². The van der Waals surface area contributed by atoms with Crippen molar-refractivity contribution < 1.29 is 4.57 Å². The van der Waals surface area contributed by atoms with Crippen LogP contribution in [0.4, 0.5) is 0 Å². The van der Waals surface area contributed by atoms with Crippen molar-refractivity contribution >= 4 is 28.3 Å². The quantitative estimate of drug-likeness (QED) is 0.628. The van der Waals surface area contributed by atoms with Gasteiger partial charge in [-0.15, -0.1) is 0 Å². The minimum absolute atomic E-state index is 0.00723. The third-order valence-electron chi connectivity index (χ3n) is 0.788. The fourth-order valence-corrected chi connectivity index (χ4v) is 6.12. The van der Waals surface area contributed by atoms with E-state index in [-0.39, 0.29) is 4.75 Å². The lowest BCUT2D eigenvalue weighted by Crippen LogP contribution is -2.05. The van der Waals surface area contributed by atoms with Gasteiger partial charge in [-0.05, 0) is 11.2 Å². The van der Waals surface area contributed by atoms with Crippen LogP contribution in [0.15, 0.2) is 0 Å². The summed E-state index contributed by atoms with van der Waals surface area (Å²) in [5.74, 6) is 0. The first kappa shape index (κ1) is 10.9. The molecule has 0 radical (unpaired) electrons. The summed E-state index contributed by atoms with van der Waals surface area (Å²) in [5, 5.41) is 0. The molecule has 0 spiro atoms. The van der Waals surface area contributed by atoms with Gasteiger partial charge in [0, 0.05) is 10.9 Å². The molecular formula is C6H14ClOPS. The highest BCUT2D eigenvalue weighted by Crippen LogP contribution is 2.66. The van der Waals surface area contributed by atoms with E-state index in [0.717, 1.165) is 0 Å². The van der Waals surface area contributed by atoms with E-state index in [2.05, 4.69) is 0 Å². The summed E-state index contributed by atoms with van der Waals surface area (Å²) >= 11 is 7.10. The molecule has 0 aliphatic heterocycles. The second-order valence-corrected chi connectivity index (χ2v) is 10.9. The Morgan fingerprint density at radius 3 is 2.00 bits per heavy atom. The molecule has 0 amide bonds. The minimum Gasteiger partial charge on any atom is -0.295 e. The molecule has 1 nitrogen and oxygen atoms in total. The van der Waals surface area contributed by atoms with E-state index in [0.29, 0.717) is 6.16 Å². The van der Waals surface area contributed by atoms with Crippen LogP contribution < -0.4 is 0 Å². The molecule has 1 unspecified atom stereocenters. The summed E-state index contributed by atoms with van der Waals surface area (Å²) in [6.45, 7) is 7.90. The second kappa shape index (κ2) is 3.51. The van der Waals surface area contributed by atoms with Crippen LogP contribution in [-0.2, 0) is 4.57 Å². The van der Waals surface area contributed by atoms with Crippen LogP contribution >= 0.6 is 28.3 Å². The largest absolute Gasteiger partial charge is 0.295 e. The highest BCUT2D eigenvalue weighted by atomic mass is 35.7. The zero-order chi connectivity index (χ0) is 8.41. The predicted molar refractivity (Wildman–Crippen MR) is 51.3 cm³/mol. The molecule has 0 aliphatic carbocycles. The Hall–Kier alpha value is 0.870.